The van der Waals surface area contributed by atoms with Gasteiger partial charge in [-0.05, 0) is 18.1 Å². The second-order valence-electron chi connectivity index (χ2n) is 3.14. The molecule has 1 aromatic heterocycles. The summed E-state index contributed by atoms with van der Waals surface area (Å²) in [4.78, 5) is 4.14. The van der Waals surface area contributed by atoms with E-state index in [-0.39, 0.29) is 6.04 Å². The van der Waals surface area contributed by atoms with Crippen LogP contribution < -0.4 is 5.73 Å². The molecule has 0 saturated carbocycles. The minimum absolute atomic E-state index is 0.0706. The molecule has 1 heterocycles. The third-order valence-corrected chi connectivity index (χ3v) is 2.14. The second-order valence-corrected chi connectivity index (χ2v) is 3.55. The van der Waals surface area contributed by atoms with Crippen LogP contribution in [0.2, 0.25) is 5.02 Å². The molecular weight excluding hydrogens is 172 g/mol. The number of rotatable bonds is 2. The molecular formula is C9H13ClN2. The lowest BCUT2D eigenvalue weighted by Gasteiger charge is -2.15. The SMILES string of the molecule is CC(C)[C@@H](N)c1ncccc1Cl. The summed E-state index contributed by atoms with van der Waals surface area (Å²) in [6.07, 6.45) is 1.71. The summed E-state index contributed by atoms with van der Waals surface area (Å²) in [5.41, 5.74) is 6.68. The van der Waals surface area contributed by atoms with E-state index in [1.807, 2.05) is 6.07 Å². The first-order valence-corrected chi connectivity index (χ1v) is 4.36. The number of nitrogens with two attached hydrogens (primary N) is 1. The van der Waals surface area contributed by atoms with Crippen LogP contribution in [0, 0.1) is 5.92 Å². The molecule has 2 N–H and O–H groups in total. The maximum Gasteiger partial charge on any atom is 0.0759 e. The van der Waals surface area contributed by atoms with Crippen molar-refractivity contribution in [1.29, 1.82) is 0 Å². The molecule has 0 unspecified atom stereocenters. The minimum atomic E-state index is -0.0706. The first-order chi connectivity index (χ1) is 5.63. The number of pyridine rings is 1. The van der Waals surface area contributed by atoms with Crippen LogP contribution in [-0.2, 0) is 0 Å². The predicted molar refractivity (Wildman–Crippen MR) is 51.0 cm³/mol. The number of hydrogen-bond donors (Lipinski definition) is 1. The molecule has 66 valence electrons. The Morgan fingerprint density at radius 2 is 2.17 bits per heavy atom. The van der Waals surface area contributed by atoms with Crippen LogP contribution in [0.1, 0.15) is 25.6 Å². The average Bonchev–Trinajstić information content (AvgIpc) is 2.04. The Labute approximate surface area is 77.8 Å². The summed E-state index contributed by atoms with van der Waals surface area (Å²) in [6, 6.07) is 3.55. The molecule has 0 aliphatic heterocycles. The van der Waals surface area contributed by atoms with E-state index in [0.29, 0.717) is 10.9 Å². The van der Waals surface area contributed by atoms with Crippen LogP contribution in [0.4, 0.5) is 0 Å². The molecule has 0 radical (unpaired) electrons. The van der Waals surface area contributed by atoms with E-state index in [9.17, 15) is 0 Å². The molecule has 1 rings (SSSR count). The van der Waals surface area contributed by atoms with Gasteiger partial charge in [0.2, 0.25) is 0 Å². The van der Waals surface area contributed by atoms with Crippen LogP contribution in [0.3, 0.4) is 0 Å². The van der Waals surface area contributed by atoms with Gasteiger partial charge in [0.25, 0.3) is 0 Å². The second kappa shape index (κ2) is 3.87. The highest BCUT2D eigenvalue weighted by Crippen LogP contribution is 2.23. The molecule has 0 amide bonds. The normalized spacial score (nSPS) is 13.4. The van der Waals surface area contributed by atoms with Crippen molar-refractivity contribution in [2.24, 2.45) is 11.7 Å². The third-order valence-electron chi connectivity index (χ3n) is 1.82. The predicted octanol–water partition coefficient (Wildman–Crippen LogP) is 2.39. The molecule has 0 fully saturated rings. The van der Waals surface area contributed by atoms with Gasteiger partial charge >= 0.3 is 0 Å². The topological polar surface area (TPSA) is 38.9 Å². The van der Waals surface area contributed by atoms with Crippen molar-refractivity contribution < 1.29 is 0 Å². The van der Waals surface area contributed by atoms with Gasteiger partial charge in [-0.15, -0.1) is 0 Å². The van der Waals surface area contributed by atoms with Crippen molar-refractivity contribution in [3.8, 4) is 0 Å². The molecule has 0 spiro atoms. The molecule has 0 aliphatic carbocycles. The minimum Gasteiger partial charge on any atom is -0.322 e. The summed E-state index contributed by atoms with van der Waals surface area (Å²) in [5.74, 6) is 0.359. The van der Waals surface area contributed by atoms with Gasteiger partial charge in [0.05, 0.1) is 16.8 Å². The highest BCUT2D eigenvalue weighted by atomic mass is 35.5. The fraction of sp³-hybridized carbons (Fsp3) is 0.444. The molecule has 1 atom stereocenters. The Balaban J connectivity index is 2.94. The molecule has 1 aromatic rings. The fourth-order valence-electron chi connectivity index (χ4n) is 0.959. The fourth-order valence-corrected chi connectivity index (χ4v) is 1.21. The smallest absolute Gasteiger partial charge is 0.0759 e. The van der Waals surface area contributed by atoms with Gasteiger partial charge in [-0.3, -0.25) is 4.98 Å². The van der Waals surface area contributed by atoms with Gasteiger partial charge in [0, 0.05) is 6.20 Å². The molecule has 0 aromatic carbocycles. The summed E-state index contributed by atoms with van der Waals surface area (Å²) >= 11 is 5.92. The Morgan fingerprint density at radius 1 is 1.50 bits per heavy atom. The van der Waals surface area contributed by atoms with Crippen molar-refractivity contribution in [3.63, 3.8) is 0 Å². The van der Waals surface area contributed by atoms with E-state index in [1.165, 1.54) is 0 Å². The van der Waals surface area contributed by atoms with Crippen LogP contribution in [0.25, 0.3) is 0 Å². The van der Waals surface area contributed by atoms with E-state index in [2.05, 4.69) is 18.8 Å². The van der Waals surface area contributed by atoms with Gasteiger partial charge < -0.3 is 5.73 Å². The van der Waals surface area contributed by atoms with Crippen molar-refractivity contribution in [1.82, 2.24) is 4.98 Å². The standard InChI is InChI=1S/C9H13ClN2/c1-6(2)8(11)9-7(10)4-3-5-12-9/h3-6,8H,11H2,1-2H3/t8-/m1/s1. The molecule has 12 heavy (non-hydrogen) atoms. The van der Waals surface area contributed by atoms with Crippen LogP contribution in [0.15, 0.2) is 18.3 Å². The number of halogens is 1. The van der Waals surface area contributed by atoms with Crippen LogP contribution in [-0.4, -0.2) is 4.98 Å². The molecule has 3 heteroatoms. The molecule has 0 saturated heterocycles. The van der Waals surface area contributed by atoms with Crippen molar-refractivity contribution >= 4 is 11.6 Å². The Kier molecular flexibility index (Phi) is 3.06. The summed E-state index contributed by atoms with van der Waals surface area (Å²) in [7, 11) is 0. The van der Waals surface area contributed by atoms with E-state index in [4.69, 9.17) is 17.3 Å². The summed E-state index contributed by atoms with van der Waals surface area (Å²) in [5, 5.41) is 0.652. The Hall–Kier alpha value is -0.600. The molecule has 2 nitrogen and oxygen atoms in total. The van der Waals surface area contributed by atoms with Crippen molar-refractivity contribution in [2.45, 2.75) is 19.9 Å². The highest BCUT2D eigenvalue weighted by Gasteiger charge is 2.14. The monoisotopic (exact) mass is 184 g/mol. The number of hydrogen-bond acceptors (Lipinski definition) is 2. The van der Waals surface area contributed by atoms with E-state index in [0.717, 1.165) is 5.69 Å². The lowest BCUT2D eigenvalue weighted by atomic mass is 10.0. The molecule has 0 aliphatic rings. The first-order valence-electron chi connectivity index (χ1n) is 3.99. The van der Waals surface area contributed by atoms with Crippen LogP contribution >= 0.6 is 11.6 Å². The van der Waals surface area contributed by atoms with Gasteiger partial charge in [-0.25, -0.2) is 0 Å². The third kappa shape index (κ3) is 1.96. The van der Waals surface area contributed by atoms with Gasteiger partial charge in [0.15, 0.2) is 0 Å². The zero-order chi connectivity index (χ0) is 9.14. The summed E-state index contributed by atoms with van der Waals surface area (Å²) < 4.78 is 0. The largest absolute Gasteiger partial charge is 0.322 e. The lowest BCUT2D eigenvalue weighted by Crippen LogP contribution is -2.18. The average molecular weight is 185 g/mol. The van der Waals surface area contributed by atoms with Crippen LogP contribution in [0.5, 0.6) is 0 Å². The van der Waals surface area contributed by atoms with Crippen molar-refractivity contribution in [2.75, 3.05) is 0 Å². The maximum atomic E-state index is 5.92. The Morgan fingerprint density at radius 3 is 2.67 bits per heavy atom. The van der Waals surface area contributed by atoms with E-state index < -0.39 is 0 Å². The lowest BCUT2D eigenvalue weighted by molar-refractivity contribution is 0.503. The number of nitrogens with zero attached hydrogens (tertiary/aromatic N) is 1. The number of aromatic nitrogens is 1. The van der Waals surface area contributed by atoms with Gasteiger partial charge in [-0.1, -0.05) is 25.4 Å². The van der Waals surface area contributed by atoms with Gasteiger partial charge in [0.1, 0.15) is 0 Å². The van der Waals surface area contributed by atoms with Gasteiger partial charge in [-0.2, -0.15) is 0 Å². The first kappa shape index (κ1) is 9.49. The highest BCUT2D eigenvalue weighted by molar-refractivity contribution is 6.31. The molecule has 0 bridgehead atoms. The summed E-state index contributed by atoms with van der Waals surface area (Å²) in [6.45, 7) is 4.10. The zero-order valence-electron chi connectivity index (χ0n) is 7.29. The van der Waals surface area contributed by atoms with Crippen molar-refractivity contribution in [3.05, 3.63) is 29.0 Å². The maximum absolute atomic E-state index is 5.92. The Bertz CT molecular complexity index is 260. The van der Waals surface area contributed by atoms with E-state index >= 15 is 0 Å². The van der Waals surface area contributed by atoms with E-state index in [1.54, 1.807) is 12.3 Å². The zero-order valence-corrected chi connectivity index (χ0v) is 8.05. The quantitative estimate of drug-likeness (QED) is 0.767.